The molecule has 0 amide bonds. The Kier molecular flexibility index (Phi) is 3.46. The summed E-state index contributed by atoms with van der Waals surface area (Å²) in [5.74, 6) is -1.21. The van der Waals surface area contributed by atoms with E-state index in [1.807, 2.05) is 0 Å². The van der Waals surface area contributed by atoms with Gasteiger partial charge in [0.15, 0.2) is 0 Å². The minimum atomic E-state index is -1.21. The number of hydrogen-bond donors (Lipinski definition) is 2. The van der Waals surface area contributed by atoms with Crippen LogP contribution < -0.4 is 11.1 Å². The molecular weight excluding hydrogens is 255 g/mol. The van der Waals surface area contributed by atoms with Gasteiger partial charge < -0.3 is 14.7 Å². The van der Waals surface area contributed by atoms with E-state index in [0.29, 0.717) is 0 Å². The van der Waals surface area contributed by atoms with E-state index in [4.69, 9.17) is 5.11 Å². The highest BCUT2D eigenvalue weighted by molar-refractivity contribution is 6.00. The van der Waals surface area contributed by atoms with Crippen LogP contribution in [0.3, 0.4) is 0 Å². The van der Waals surface area contributed by atoms with E-state index in [1.165, 1.54) is 18.2 Å². The normalized spacial score (nSPS) is 10.8. The largest absolute Gasteiger partial charge is 0.478 e. The number of aromatic carboxylic acids is 1. The van der Waals surface area contributed by atoms with Crippen molar-refractivity contribution in [3.63, 3.8) is 0 Å². The molecule has 0 aliphatic rings. The second kappa shape index (κ2) is 5.05. The van der Waals surface area contributed by atoms with Gasteiger partial charge in [-0.15, -0.1) is 0 Å². The predicted octanol–water partition coefficient (Wildman–Crippen LogP) is 0.748. The molecule has 6 nitrogen and oxygen atoms in total. The second-order valence-corrected chi connectivity index (χ2v) is 3.96. The van der Waals surface area contributed by atoms with Gasteiger partial charge in [-0.25, -0.2) is 4.79 Å². The standard InChI is InChI=1S/C12H11FN2O4/c13-5-2-6-15-8-4-1-3-7(12(18)19)9(8)14-10(16)11(15)17/h1,3-4H,2,5-6H2,(H,14,16)(H,18,19). The topological polar surface area (TPSA) is 92.2 Å². The van der Waals surface area contributed by atoms with Crippen molar-refractivity contribution in [3.8, 4) is 0 Å². The molecular formula is C12H11FN2O4. The van der Waals surface area contributed by atoms with Crippen molar-refractivity contribution in [2.45, 2.75) is 13.0 Å². The maximum Gasteiger partial charge on any atom is 0.337 e. The number of halogens is 1. The Morgan fingerprint density at radius 3 is 2.74 bits per heavy atom. The van der Waals surface area contributed by atoms with Gasteiger partial charge in [0.05, 0.1) is 23.3 Å². The molecule has 0 saturated heterocycles. The van der Waals surface area contributed by atoms with Crippen molar-refractivity contribution in [2.24, 2.45) is 0 Å². The molecule has 0 fully saturated rings. The van der Waals surface area contributed by atoms with Crippen molar-refractivity contribution in [3.05, 3.63) is 44.5 Å². The number of benzene rings is 1. The first kappa shape index (κ1) is 13.0. The van der Waals surface area contributed by atoms with E-state index < -0.39 is 23.8 Å². The molecule has 100 valence electrons. The fourth-order valence-electron chi connectivity index (χ4n) is 1.91. The molecule has 0 aliphatic carbocycles. The molecule has 0 radical (unpaired) electrons. The summed E-state index contributed by atoms with van der Waals surface area (Å²) in [4.78, 5) is 36.6. The highest BCUT2D eigenvalue weighted by Gasteiger charge is 2.13. The van der Waals surface area contributed by atoms with Crippen LogP contribution in [-0.4, -0.2) is 27.3 Å². The Hall–Kier alpha value is -2.44. The number of carboxylic acids is 1. The average Bonchev–Trinajstić information content (AvgIpc) is 2.38. The lowest BCUT2D eigenvalue weighted by molar-refractivity contribution is 0.0699. The van der Waals surface area contributed by atoms with Gasteiger partial charge >= 0.3 is 17.1 Å². The molecule has 1 heterocycles. The first-order chi connectivity index (χ1) is 9.06. The molecule has 7 heteroatoms. The third kappa shape index (κ3) is 2.26. The zero-order valence-electron chi connectivity index (χ0n) is 9.85. The zero-order valence-corrected chi connectivity index (χ0v) is 9.85. The number of alkyl halides is 1. The Morgan fingerprint density at radius 1 is 1.37 bits per heavy atom. The molecule has 0 saturated carbocycles. The molecule has 0 bridgehead atoms. The first-order valence-corrected chi connectivity index (χ1v) is 5.61. The number of aromatic amines is 1. The van der Waals surface area contributed by atoms with Gasteiger partial charge in [-0.1, -0.05) is 6.07 Å². The monoisotopic (exact) mass is 266 g/mol. The lowest BCUT2D eigenvalue weighted by atomic mass is 10.1. The van der Waals surface area contributed by atoms with E-state index in [9.17, 15) is 18.8 Å². The lowest BCUT2D eigenvalue weighted by Gasteiger charge is -2.09. The molecule has 0 unspecified atom stereocenters. The van der Waals surface area contributed by atoms with Gasteiger partial charge in [0.1, 0.15) is 0 Å². The van der Waals surface area contributed by atoms with Crippen LogP contribution in [0.2, 0.25) is 0 Å². The fourth-order valence-corrected chi connectivity index (χ4v) is 1.91. The summed E-state index contributed by atoms with van der Waals surface area (Å²) >= 11 is 0. The van der Waals surface area contributed by atoms with Gasteiger partial charge in [-0.3, -0.25) is 14.0 Å². The molecule has 2 aromatic rings. The number of nitrogens with one attached hydrogen (secondary N) is 1. The summed E-state index contributed by atoms with van der Waals surface area (Å²) in [5.41, 5.74) is -1.50. The smallest absolute Gasteiger partial charge is 0.337 e. The number of aryl methyl sites for hydroxylation is 1. The van der Waals surface area contributed by atoms with Crippen molar-refractivity contribution in [2.75, 3.05) is 6.67 Å². The molecule has 0 aliphatic heterocycles. The molecule has 0 spiro atoms. The number of hydrogen-bond acceptors (Lipinski definition) is 3. The van der Waals surface area contributed by atoms with Crippen molar-refractivity contribution in [1.82, 2.24) is 9.55 Å². The molecule has 19 heavy (non-hydrogen) atoms. The molecule has 0 atom stereocenters. The minimum Gasteiger partial charge on any atom is -0.478 e. The maximum atomic E-state index is 12.2. The average molecular weight is 266 g/mol. The van der Waals surface area contributed by atoms with Crippen LogP contribution in [0.1, 0.15) is 16.8 Å². The van der Waals surface area contributed by atoms with Crippen molar-refractivity contribution < 1.29 is 14.3 Å². The number of nitrogens with zero attached hydrogens (tertiary/aromatic N) is 1. The number of H-pyrrole nitrogens is 1. The van der Waals surface area contributed by atoms with Gasteiger partial charge in [0, 0.05) is 6.54 Å². The summed E-state index contributed by atoms with van der Waals surface area (Å²) in [6, 6.07) is 4.30. The molecule has 2 rings (SSSR count). The Morgan fingerprint density at radius 2 is 2.11 bits per heavy atom. The maximum absolute atomic E-state index is 12.2. The minimum absolute atomic E-state index is 0.0266. The quantitative estimate of drug-likeness (QED) is 0.798. The van der Waals surface area contributed by atoms with E-state index in [-0.39, 0.29) is 29.6 Å². The number of carboxylic acid groups (broad SMARTS) is 1. The number of rotatable bonds is 4. The summed E-state index contributed by atoms with van der Waals surface area (Å²) in [6.07, 6.45) is 0.0791. The van der Waals surface area contributed by atoms with Crippen LogP contribution in [0.15, 0.2) is 27.8 Å². The van der Waals surface area contributed by atoms with Crippen LogP contribution in [0.5, 0.6) is 0 Å². The van der Waals surface area contributed by atoms with Crippen LogP contribution in [0.25, 0.3) is 11.0 Å². The van der Waals surface area contributed by atoms with Crippen molar-refractivity contribution >= 4 is 17.0 Å². The first-order valence-electron chi connectivity index (χ1n) is 5.61. The number of aromatic nitrogens is 2. The predicted molar refractivity (Wildman–Crippen MR) is 66.4 cm³/mol. The Balaban J connectivity index is 2.83. The van der Waals surface area contributed by atoms with E-state index in [0.717, 1.165) is 4.57 Å². The van der Waals surface area contributed by atoms with Crippen LogP contribution >= 0.6 is 0 Å². The van der Waals surface area contributed by atoms with Crippen LogP contribution in [0, 0.1) is 0 Å². The molecule has 1 aromatic heterocycles. The van der Waals surface area contributed by atoms with Gasteiger partial charge in [-0.05, 0) is 18.6 Å². The highest BCUT2D eigenvalue weighted by atomic mass is 19.1. The summed E-state index contributed by atoms with van der Waals surface area (Å²) in [6.45, 7) is -0.599. The molecule has 1 aromatic carbocycles. The molecule has 2 N–H and O–H groups in total. The lowest BCUT2D eigenvalue weighted by Crippen LogP contribution is -2.36. The van der Waals surface area contributed by atoms with Crippen LogP contribution in [0.4, 0.5) is 4.39 Å². The number of para-hydroxylation sites is 1. The SMILES string of the molecule is O=C(O)c1cccc2c1[nH]c(=O)c(=O)n2CCCF. The van der Waals surface area contributed by atoms with Gasteiger partial charge in [0.25, 0.3) is 0 Å². The number of fused-ring (bicyclic) bond motifs is 1. The second-order valence-electron chi connectivity index (χ2n) is 3.96. The summed E-state index contributed by atoms with van der Waals surface area (Å²) < 4.78 is 13.3. The third-order valence-corrected chi connectivity index (χ3v) is 2.76. The van der Waals surface area contributed by atoms with Gasteiger partial charge in [-0.2, -0.15) is 0 Å². The van der Waals surface area contributed by atoms with Crippen LogP contribution in [-0.2, 0) is 6.54 Å². The Labute approximate surface area is 106 Å². The van der Waals surface area contributed by atoms with Crippen molar-refractivity contribution in [1.29, 1.82) is 0 Å². The highest BCUT2D eigenvalue weighted by Crippen LogP contribution is 2.14. The summed E-state index contributed by atoms with van der Waals surface area (Å²) in [5, 5.41) is 9.04. The zero-order chi connectivity index (χ0) is 14.0. The van der Waals surface area contributed by atoms with E-state index in [1.54, 1.807) is 0 Å². The number of carbonyl (C=O) groups is 1. The van der Waals surface area contributed by atoms with E-state index >= 15 is 0 Å². The third-order valence-electron chi connectivity index (χ3n) is 2.76. The fraction of sp³-hybridized carbons (Fsp3) is 0.250. The summed E-state index contributed by atoms with van der Waals surface area (Å²) in [7, 11) is 0. The van der Waals surface area contributed by atoms with E-state index in [2.05, 4.69) is 4.98 Å². The Bertz CT molecular complexity index is 747. The van der Waals surface area contributed by atoms with Gasteiger partial charge in [0.2, 0.25) is 0 Å².